The third-order valence-corrected chi connectivity index (χ3v) is 4.83. The van der Waals surface area contributed by atoms with Crippen LogP contribution in [0.3, 0.4) is 0 Å². The number of carbonyl (C=O) groups excluding carboxylic acids is 2. The molecule has 0 fully saturated rings. The Balaban J connectivity index is 1.53. The van der Waals surface area contributed by atoms with Crippen molar-refractivity contribution in [2.75, 3.05) is 33.5 Å². The van der Waals surface area contributed by atoms with E-state index in [2.05, 4.69) is 15.9 Å². The highest BCUT2D eigenvalue weighted by Gasteiger charge is 2.16. The molecule has 8 heteroatoms. The van der Waals surface area contributed by atoms with Gasteiger partial charge in [-0.3, -0.25) is 0 Å². The highest BCUT2D eigenvalue weighted by Crippen LogP contribution is 2.25. The summed E-state index contributed by atoms with van der Waals surface area (Å²) in [6.45, 7) is 1.04. The topological polar surface area (TPSA) is 80.3 Å². The van der Waals surface area contributed by atoms with Crippen LogP contribution in [0, 0.1) is 0 Å². The number of ether oxygens (including phenoxy) is 5. The van der Waals surface area contributed by atoms with E-state index in [1.54, 1.807) is 25.3 Å². The summed E-state index contributed by atoms with van der Waals surface area (Å²) < 4.78 is 27.4. The van der Waals surface area contributed by atoms with Crippen LogP contribution in [0.2, 0.25) is 0 Å². The molecule has 0 radical (unpaired) electrons. The number of rotatable bonds is 11. The van der Waals surface area contributed by atoms with Gasteiger partial charge in [-0.25, -0.2) is 9.59 Å². The number of benzene rings is 3. The van der Waals surface area contributed by atoms with Gasteiger partial charge < -0.3 is 23.7 Å². The summed E-state index contributed by atoms with van der Waals surface area (Å²) in [5.41, 5.74) is 0.600. The van der Waals surface area contributed by atoms with Gasteiger partial charge in [-0.05, 0) is 54.6 Å². The van der Waals surface area contributed by atoms with Crippen molar-refractivity contribution in [3.05, 3.63) is 88.4 Å². The maximum Gasteiger partial charge on any atom is 0.347 e. The van der Waals surface area contributed by atoms with Gasteiger partial charge in [0.25, 0.3) is 0 Å². The summed E-state index contributed by atoms with van der Waals surface area (Å²) in [5.74, 6) is 0.296. The van der Waals surface area contributed by atoms with Crippen LogP contribution in [0.25, 0.3) is 0 Å². The molecule has 0 aromatic heterocycles. The first-order valence-corrected chi connectivity index (χ1v) is 10.9. The van der Waals surface area contributed by atoms with Gasteiger partial charge in [0.1, 0.15) is 42.6 Å². The Bertz CT molecular complexity index is 1050. The minimum Gasteiger partial charge on any atom is -0.490 e. The summed E-state index contributed by atoms with van der Waals surface area (Å²) in [4.78, 5) is 24.9. The van der Waals surface area contributed by atoms with E-state index in [4.69, 9.17) is 23.7 Å². The van der Waals surface area contributed by atoms with Crippen LogP contribution in [-0.2, 0) is 9.47 Å². The molecule has 0 unspecified atom stereocenters. The van der Waals surface area contributed by atoms with Crippen molar-refractivity contribution in [2.45, 2.75) is 0 Å². The average Bonchev–Trinajstić information content (AvgIpc) is 2.84. The van der Waals surface area contributed by atoms with Gasteiger partial charge in [-0.2, -0.15) is 0 Å². The zero-order chi connectivity index (χ0) is 23.5. The molecule has 0 spiro atoms. The van der Waals surface area contributed by atoms with Crippen molar-refractivity contribution in [1.29, 1.82) is 0 Å². The molecule has 0 aliphatic heterocycles. The van der Waals surface area contributed by atoms with E-state index in [0.29, 0.717) is 34.7 Å². The zero-order valence-electron chi connectivity index (χ0n) is 18.0. The molecular weight excluding hydrogens is 492 g/mol. The largest absolute Gasteiger partial charge is 0.490 e. The van der Waals surface area contributed by atoms with E-state index in [1.165, 1.54) is 24.3 Å². The number of halogens is 1. The quantitative estimate of drug-likeness (QED) is 0.204. The summed E-state index contributed by atoms with van der Waals surface area (Å²) >= 11 is 3.35. The molecule has 0 aliphatic carbocycles. The summed E-state index contributed by atoms with van der Waals surface area (Å²) in [5, 5.41) is 0. The lowest BCUT2D eigenvalue weighted by molar-refractivity contribution is 0.0450. The number of esters is 2. The molecule has 0 amide bonds. The van der Waals surface area contributed by atoms with Crippen molar-refractivity contribution >= 4 is 27.9 Å². The van der Waals surface area contributed by atoms with Crippen LogP contribution < -0.4 is 14.2 Å². The molecule has 3 aromatic rings. The highest BCUT2D eigenvalue weighted by molar-refractivity contribution is 9.10. The molecule has 3 aromatic carbocycles. The fraction of sp³-hybridized carbons (Fsp3) is 0.200. The van der Waals surface area contributed by atoms with Gasteiger partial charge in [0.05, 0.1) is 12.2 Å². The second kappa shape index (κ2) is 12.6. The van der Waals surface area contributed by atoms with E-state index in [9.17, 15) is 9.59 Å². The Morgan fingerprint density at radius 1 is 0.758 bits per heavy atom. The Hall–Kier alpha value is -3.36. The fourth-order valence-corrected chi connectivity index (χ4v) is 3.10. The zero-order valence-corrected chi connectivity index (χ0v) is 19.6. The number of para-hydroxylation sites is 1. The van der Waals surface area contributed by atoms with E-state index < -0.39 is 11.9 Å². The molecular formula is C25H23BrO7. The molecule has 0 saturated heterocycles. The lowest BCUT2D eigenvalue weighted by Crippen LogP contribution is -2.13. The maximum atomic E-state index is 12.7. The third-order valence-electron chi connectivity index (χ3n) is 4.34. The van der Waals surface area contributed by atoms with Gasteiger partial charge in [0.15, 0.2) is 0 Å². The van der Waals surface area contributed by atoms with Crippen molar-refractivity contribution in [3.8, 4) is 17.2 Å². The third kappa shape index (κ3) is 7.62. The van der Waals surface area contributed by atoms with E-state index in [1.807, 2.05) is 30.3 Å². The Kier molecular flexibility index (Phi) is 9.29. The molecule has 0 aliphatic rings. The predicted octanol–water partition coefficient (Wildman–Crippen LogP) is 4.93. The SMILES string of the molecule is COCCOc1ccc(Br)cc1C(=O)Oc1ccc(C(=O)OCCOc2ccccc2)cc1. The molecule has 33 heavy (non-hydrogen) atoms. The van der Waals surface area contributed by atoms with Crippen LogP contribution in [0.5, 0.6) is 17.2 Å². The van der Waals surface area contributed by atoms with Gasteiger partial charge in [0.2, 0.25) is 0 Å². The monoisotopic (exact) mass is 514 g/mol. The number of hydrogen-bond donors (Lipinski definition) is 0. The van der Waals surface area contributed by atoms with Crippen molar-refractivity contribution in [3.63, 3.8) is 0 Å². The minimum absolute atomic E-state index is 0.110. The lowest BCUT2D eigenvalue weighted by Gasteiger charge is -2.12. The average molecular weight is 515 g/mol. The Morgan fingerprint density at radius 3 is 2.21 bits per heavy atom. The molecule has 0 atom stereocenters. The van der Waals surface area contributed by atoms with Crippen LogP contribution in [-0.4, -0.2) is 45.5 Å². The standard InChI is InChI=1S/C25H23BrO7/c1-29-13-14-31-23-12-9-19(26)17-22(23)25(28)33-21-10-7-18(8-11-21)24(27)32-16-15-30-20-5-3-2-4-6-20/h2-12,17H,13-16H2,1H3. The van der Waals surface area contributed by atoms with Gasteiger partial charge in [-0.1, -0.05) is 34.1 Å². The van der Waals surface area contributed by atoms with E-state index in [0.717, 1.165) is 0 Å². The van der Waals surface area contributed by atoms with Crippen LogP contribution >= 0.6 is 15.9 Å². The second-order valence-electron chi connectivity index (χ2n) is 6.69. The normalized spacial score (nSPS) is 10.4. The van der Waals surface area contributed by atoms with Crippen LogP contribution in [0.4, 0.5) is 0 Å². The Morgan fingerprint density at radius 2 is 1.48 bits per heavy atom. The second-order valence-corrected chi connectivity index (χ2v) is 7.61. The summed E-state index contributed by atoms with van der Waals surface area (Å²) in [6.07, 6.45) is 0. The van der Waals surface area contributed by atoms with Crippen molar-refractivity contribution < 1.29 is 33.3 Å². The lowest BCUT2D eigenvalue weighted by atomic mass is 10.2. The predicted molar refractivity (Wildman–Crippen MR) is 125 cm³/mol. The fourth-order valence-electron chi connectivity index (χ4n) is 2.74. The first-order chi connectivity index (χ1) is 16.1. The van der Waals surface area contributed by atoms with Crippen molar-refractivity contribution in [1.82, 2.24) is 0 Å². The maximum absolute atomic E-state index is 12.7. The van der Waals surface area contributed by atoms with Gasteiger partial charge >= 0.3 is 11.9 Å². The van der Waals surface area contributed by atoms with Crippen LogP contribution in [0.1, 0.15) is 20.7 Å². The molecule has 0 N–H and O–H groups in total. The molecule has 0 heterocycles. The van der Waals surface area contributed by atoms with E-state index in [-0.39, 0.29) is 24.5 Å². The summed E-state index contributed by atoms with van der Waals surface area (Å²) in [7, 11) is 1.57. The molecule has 0 saturated carbocycles. The Labute approximate surface area is 200 Å². The molecule has 172 valence electrons. The first-order valence-electron chi connectivity index (χ1n) is 10.2. The van der Waals surface area contributed by atoms with Gasteiger partial charge in [0, 0.05) is 11.6 Å². The smallest absolute Gasteiger partial charge is 0.347 e. The van der Waals surface area contributed by atoms with Crippen molar-refractivity contribution in [2.24, 2.45) is 0 Å². The van der Waals surface area contributed by atoms with Gasteiger partial charge in [-0.15, -0.1) is 0 Å². The number of methoxy groups -OCH3 is 1. The number of carbonyl (C=O) groups is 2. The molecule has 0 bridgehead atoms. The minimum atomic E-state index is -0.586. The molecule has 7 nitrogen and oxygen atoms in total. The summed E-state index contributed by atoms with van der Waals surface area (Å²) in [6, 6.07) is 20.4. The van der Waals surface area contributed by atoms with Crippen LogP contribution in [0.15, 0.2) is 77.3 Å². The first kappa shape index (κ1) is 24.3. The highest BCUT2D eigenvalue weighted by atomic mass is 79.9. The van der Waals surface area contributed by atoms with E-state index >= 15 is 0 Å². The molecule has 3 rings (SSSR count). The number of hydrogen-bond acceptors (Lipinski definition) is 7.